The van der Waals surface area contributed by atoms with Crippen LogP contribution in [-0.4, -0.2) is 30.7 Å². The van der Waals surface area contributed by atoms with Gasteiger partial charge in [-0.15, -0.1) is 11.8 Å². The van der Waals surface area contributed by atoms with Crippen molar-refractivity contribution in [1.29, 1.82) is 0 Å². The first-order valence-electron chi connectivity index (χ1n) is 8.55. The van der Waals surface area contributed by atoms with Gasteiger partial charge in [0, 0.05) is 28.6 Å². The molecule has 1 aliphatic carbocycles. The summed E-state index contributed by atoms with van der Waals surface area (Å²) in [5.74, 6) is 1.14. The molecule has 0 aliphatic heterocycles. The van der Waals surface area contributed by atoms with Gasteiger partial charge in [-0.3, -0.25) is 9.59 Å². The van der Waals surface area contributed by atoms with Gasteiger partial charge in [-0.2, -0.15) is 0 Å². The molecule has 1 fully saturated rings. The SMILES string of the molecule is O=C(CNC(=O)CC1CCCCC1)NCCSc1ccc(Cl)cc1. The third-order valence-corrected chi connectivity index (χ3v) is 5.42. The Hall–Kier alpha value is -1.20. The molecule has 0 spiro atoms. The second kappa shape index (κ2) is 10.6. The lowest BCUT2D eigenvalue weighted by Crippen LogP contribution is -2.38. The fourth-order valence-electron chi connectivity index (χ4n) is 2.86. The first-order chi connectivity index (χ1) is 11.6. The smallest absolute Gasteiger partial charge is 0.239 e. The van der Waals surface area contributed by atoms with E-state index in [-0.39, 0.29) is 18.4 Å². The fourth-order valence-corrected chi connectivity index (χ4v) is 3.75. The average molecular weight is 369 g/mol. The maximum atomic E-state index is 11.9. The van der Waals surface area contributed by atoms with Crippen LogP contribution in [0, 0.1) is 5.92 Å². The summed E-state index contributed by atoms with van der Waals surface area (Å²) >= 11 is 7.49. The molecule has 1 aromatic carbocycles. The molecule has 2 rings (SSSR count). The monoisotopic (exact) mass is 368 g/mol. The second-order valence-corrected chi connectivity index (χ2v) is 7.74. The molecule has 0 saturated heterocycles. The molecule has 1 aliphatic rings. The van der Waals surface area contributed by atoms with E-state index in [0.717, 1.165) is 28.5 Å². The molecule has 0 atom stereocenters. The number of benzene rings is 1. The number of amides is 2. The van der Waals surface area contributed by atoms with Gasteiger partial charge >= 0.3 is 0 Å². The van der Waals surface area contributed by atoms with Gasteiger partial charge in [0.25, 0.3) is 0 Å². The third kappa shape index (κ3) is 7.58. The Balaban J connectivity index is 1.52. The van der Waals surface area contributed by atoms with E-state index in [4.69, 9.17) is 11.6 Å². The first kappa shape index (κ1) is 19.1. The number of hydrogen-bond donors (Lipinski definition) is 2. The van der Waals surface area contributed by atoms with Crippen LogP contribution in [0.1, 0.15) is 38.5 Å². The molecule has 24 heavy (non-hydrogen) atoms. The first-order valence-corrected chi connectivity index (χ1v) is 9.91. The Labute approximate surface area is 153 Å². The molecular weight excluding hydrogens is 344 g/mol. The molecule has 0 aromatic heterocycles. The zero-order valence-electron chi connectivity index (χ0n) is 13.9. The van der Waals surface area contributed by atoms with Crippen LogP contribution in [0.15, 0.2) is 29.2 Å². The van der Waals surface area contributed by atoms with Crippen LogP contribution >= 0.6 is 23.4 Å². The Morgan fingerprint density at radius 1 is 1.04 bits per heavy atom. The lowest BCUT2D eigenvalue weighted by atomic mass is 9.87. The highest BCUT2D eigenvalue weighted by Gasteiger charge is 2.17. The van der Waals surface area contributed by atoms with Gasteiger partial charge in [-0.05, 0) is 43.0 Å². The van der Waals surface area contributed by atoms with E-state index in [1.165, 1.54) is 19.3 Å². The van der Waals surface area contributed by atoms with E-state index in [1.54, 1.807) is 11.8 Å². The highest BCUT2D eigenvalue weighted by Crippen LogP contribution is 2.26. The van der Waals surface area contributed by atoms with Crippen LogP contribution in [0.2, 0.25) is 5.02 Å². The van der Waals surface area contributed by atoms with Crippen LogP contribution in [0.3, 0.4) is 0 Å². The Kier molecular flexibility index (Phi) is 8.47. The van der Waals surface area contributed by atoms with Crippen molar-refractivity contribution in [3.63, 3.8) is 0 Å². The summed E-state index contributed by atoms with van der Waals surface area (Å²) < 4.78 is 0. The van der Waals surface area contributed by atoms with Crippen LogP contribution < -0.4 is 10.6 Å². The number of nitrogens with one attached hydrogen (secondary N) is 2. The highest BCUT2D eigenvalue weighted by molar-refractivity contribution is 7.99. The van der Waals surface area contributed by atoms with Crippen molar-refractivity contribution in [2.24, 2.45) is 5.92 Å². The van der Waals surface area contributed by atoms with Crippen molar-refractivity contribution < 1.29 is 9.59 Å². The zero-order valence-corrected chi connectivity index (χ0v) is 15.4. The number of thioether (sulfide) groups is 1. The van der Waals surface area contributed by atoms with Crippen LogP contribution in [-0.2, 0) is 9.59 Å². The summed E-state index contributed by atoms with van der Waals surface area (Å²) in [5, 5.41) is 6.26. The summed E-state index contributed by atoms with van der Waals surface area (Å²) in [6.45, 7) is 0.641. The zero-order chi connectivity index (χ0) is 17.2. The van der Waals surface area contributed by atoms with E-state index in [0.29, 0.717) is 18.9 Å². The summed E-state index contributed by atoms with van der Waals surface area (Å²) in [6, 6.07) is 7.62. The summed E-state index contributed by atoms with van der Waals surface area (Å²) in [7, 11) is 0. The van der Waals surface area contributed by atoms with Crippen LogP contribution in [0.25, 0.3) is 0 Å². The minimum absolute atomic E-state index is 0.00686. The minimum atomic E-state index is -0.135. The molecule has 0 bridgehead atoms. The van der Waals surface area contributed by atoms with Crippen LogP contribution in [0.4, 0.5) is 0 Å². The minimum Gasteiger partial charge on any atom is -0.354 e. The van der Waals surface area contributed by atoms with Crippen molar-refractivity contribution in [3.8, 4) is 0 Å². The summed E-state index contributed by atoms with van der Waals surface area (Å²) in [6.07, 6.45) is 6.57. The second-order valence-electron chi connectivity index (χ2n) is 6.14. The molecule has 6 heteroatoms. The average Bonchev–Trinajstić information content (AvgIpc) is 2.59. The molecule has 0 radical (unpaired) electrons. The maximum absolute atomic E-state index is 11.9. The van der Waals surface area contributed by atoms with Gasteiger partial charge in [-0.1, -0.05) is 30.9 Å². The maximum Gasteiger partial charge on any atom is 0.239 e. The van der Waals surface area contributed by atoms with Gasteiger partial charge in [0.05, 0.1) is 6.54 Å². The van der Waals surface area contributed by atoms with E-state index < -0.39 is 0 Å². The predicted octanol–water partition coefficient (Wildman–Crippen LogP) is 3.63. The molecule has 2 N–H and O–H groups in total. The number of rotatable bonds is 8. The molecular formula is C18H25ClN2O2S. The van der Waals surface area contributed by atoms with Gasteiger partial charge in [0.2, 0.25) is 11.8 Å². The molecule has 1 aromatic rings. The lowest BCUT2D eigenvalue weighted by molar-refractivity contribution is -0.126. The molecule has 2 amide bonds. The van der Waals surface area contributed by atoms with E-state index in [2.05, 4.69) is 10.6 Å². The van der Waals surface area contributed by atoms with Crippen molar-refractivity contribution >= 4 is 35.2 Å². The third-order valence-electron chi connectivity index (χ3n) is 4.15. The van der Waals surface area contributed by atoms with E-state index in [9.17, 15) is 9.59 Å². The number of carbonyl (C=O) groups excluding carboxylic acids is 2. The molecule has 1 saturated carbocycles. The highest BCUT2D eigenvalue weighted by atomic mass is 35.5. The summed E-state index contributed by atoms with van der Waals surface area (Å²) in [4.78, 5) is 24.7. The predicted molar refractivity (Wildman–Crippen MR) is 99.4 cm³/mol. The quantitative estimate of drug-likeness (QED) is 0.544. The Bertz CT molecular complexity index is 530. The Morgan fingerprint density at radius 2 is 1.75 bits per heavy atom. The summed E-state index contributed by atoms with van der Waals surface area (Å²) in [5.41, 5.74) is 0. The largest absolute Gasteiger partial charge is 0.354 e. The standard InChI is InChI=1S/C18H25ClN2O2S/c19-15-6-8-16(9-7-15)24-11-10-20-18(23)13-21-17(22)12-14-4-2-1-3-5-14/h6-9,14H,1-5,10-13H2,(H,20,23)(H,21,22). The van der Waals surface area contributed by atoms with Crippen molar-refractivity contribution in [3.05, 3.63) is 29.3 Å². The van der Waals surface area contributed by atoms with Gasteiger partial charge < -0.3 is 10.6 Å². The van der Waals surface area contributed by atoms with E-state index in [1.807, 2.05) is 24.3 Å². The molecule has 0 unspecified atom stereocenters. The molecule has 0 heterocycles. The molecule has 132 valence electrons. The fraction of sp³-hybridized carbons (Fsp3) is 0.556. The topological polar surface area (TPSA) is 58.2 Å². The van der Waals surface area contributed by atoms with Gasteiger partial charge in [0.1, 0.15) is 0 Å². The molecule has 4 nitrogen and oxygen atoms in total. The van der Waals surface area contributed by atoms with Crippen molar-refractivity contribution in [2.45, 2.75) is 43.4 Å². The van der Waals surface area contributed by atoms with E-state index >= 15 is 0 Å². The van der Waals surface area contributed by atoms with Crippen LogP contribution in [0.5, 0.6) is 0 Å². The Morgan fingerprint density at radius 3 is 2.46 bits per heavy atom. The lowest BCUT2D eigenvalue weighted by Gasteiger charge is -2.20. The number of halogens is 1. The van der Waals surface area contributed by atoms with Gasteiger partial charge in [0.15, 0.2) is 0 Å². The van der Waals surface area contributed by atoms with Crippen molar-refractivity contribution in [1.82, 2.24) is 10.6 Å². The normalized spacial score (nSPS) is 15.0. The number of hydrogen-bond acceptors (Lipinski definition) is 3. The van der Waals surface area contributed by atoms with Gasteiger partial charge in [-0.25, -0.2) is 0 Å². The number of carbonyl (C=O) groups is 2. The van der Waals surface area contributed by atoms with Crippen molar-refractivity contribution in [2.75, 3.05) is 18.8 Å².